The Bertz CT molecular complexity index is 118. The lowest BCUT2D eigenvalue weighted by Crippen LogP contribution is -2.04. The highest BCUT2D eigenvalue weighted by molar-refractivity contribution is 6.62. The lowest BCUT2D eigenvalue weighted by molar-refractivity contribution is 0.993. The molecular weight excluding hydrogens is 98.9 g/mol. The Morgan fingerprint density at radius 2 is 2.25 bits per heavy atom. The van der Waals surface area contributed by atoms with Gasteiger partial charge in [-0.05, 0) is 18.6 Å². The summed E-state index contributed by atoms with van der Waals surface area (Å²) in [6.07, 6.45) is 1.56. The molecule has 0 aliphatic heterocycles. The SMILES string of the molecule is [B]C(=N)/C=C(/C)NC. The van der Waals surface area contributed by atoms with Crippen LogP contribution in [0.3, 0.4) is 0 Å². The van der Waals surface area contributed by atoms with Crippen LogP contribution in [0.4, 0.5) is 0 Å². The van der Waals surface area contributed by atoms with Gasteiger partial charge in [0.15, 0.2) is 0 Å². The van der Waals surface area contributed by atoms with Gasteiger partial charge in [-0.1, -0.05) is 0 Å². The molecule has 0 aliphatic rings. The molecule has 0 heterocycles. The monoisotopic (exact) mass is 108 g/mol. The highest BCUT2D eigenvalue weighted by atomic mass is 14.8. The van der Waals surface area contributed by atoms with E-state index in [9.17, 15) is 0 Å². The average Bonchev–Trinajstić information content (AvgIpc) is 1.65. The van der Waals surface area contributed by atoms with E-state index in [2.05, 4.69) is 5.32 Å². The van der Waals surface area contributed by atoms with Crippen LogP contribution in [-0.4, -0.2) is 20.5 Å². The molecule has 2 nitrogen and oxygen atoms in total. The Hall–Kier alpha value is -0.725. The molecule has 0 aromatic rings. The standard InChI is InChI=1S/C5H9BN2/c1-4(8-2)3-5(6)7/h3,7-8H,1-2H3/b4-3-,7-5?. The van der Waals surface area contributed by atoms with Crippen LogP contribution < -0.4 is 5.32 Å². The van der Waals surface area contributed by atoms with Crippen molar-refractivity contribution in [1.29, 1.82) is 5.41 Å². The molecule has 3 heteroatoms. The van der Waals surface area contributed by atoms with Crippen molar-refractivity contribution in [3.05, 3.63) is 11.8 Å². The second-order valence-corrected chi connectivity index (χ2v) is 1.53. The van der Waals surface area contributed by atoms with Crippen LogP contribution in [0.5, 0.6) is 0 Å². The van der Waals surface area contributed by atoms with Crippen LogP contribution in [0.1, 0.15) is 6.92 Å². The van der Waals surface area contributed by atoms with Gasteiger partial charge < -0.3 is 10.7 Å². The normalized spacial score (nSPS) is 11.0. The molecule has 2 N–H and O–H groups in total. The topological polar surface area (TPSA) is 35.9 Å². The van der Waals surface area contributed by atoms with Crippen molar-refractivity contribution in [3.63, 3.8) is 0 Å². The van der Waals surface area contributed by atoms with E-state index in [1.807, 2.05) is 6.92 Å². The lowest BCUT2D eigenvalue weighted by atomic mass is 10.0. The van der Waals surface area contributed by atoms with Gasteiger partial charge in [0.2, 0.25) is 0 Å². The largest absolute Gasteiger partial charge is 0.392 e. The first-order chi connectivity index (χ1) is 3.66. The minimum absolute atomic E-state index is 0.0804. The molecule has 0 aliphatic carbocycles. The summed E-state index contributed by atoms with van der Waals surface area (Å²) < 4.78 is 0. The first kappa shape index (κ1) is 7.27. The number of hydrogen-bond acceptors (Lipinski definition) is 2. The zero-order valence-electron chi connectivity index (χ0n) is 5.15. The van der Waals surface area contributed by atoms with Gasteiger partial charge in [0.05, 0.1) is 0 Å². The van der Waals surface area contributed by atoms with Gasteiger partial charge in [-0.2, -0.15) is 0 Å². The Morgan fingerprint density at radius 3 is 2.38 bits per heavy atom. The van der Waals surface area contributed by atoms with Crippen LogP contribution in [-0.2, 0) is 0 Å². The summed E-state index contributed by atoms with van der Waals surface area (Å²) in [5.41, 5.74) is 0.981. The first-order valence-corrected chi connectivity index (χ1v) is 2.37. The third-order valence-electron chi connectivity index (χ3n) is 0.766. The van der Waals surface area contributed by atoms with Gasteiger partial charge in [0.25, 0.3) is 0 Å². The molecule has 0 unspecified atom stereocenters. The Balaban J connectivity index is 3.75. The molecule has 8 heavy (non-hydrogen) atoms. The maximum atomic E-state index is 6.79. The summed E-state index contributed by atoms with van der Waals surface area (Å²) in [6.45, 7) is 1.85. The van der Waals surface area contributed by atoms with E-state index in [0.29, 0.717) is 0 Å². The fourth-order valence-electron chi connectivity index (χ4n) is 0.305. The molecule has 0 saturated heterocycles. The maximum Gasteiger partial charge on any atom is 0.140 e. The Labute approximate surface area is 50.9 Å². The molecule has 0 aromatic heterocycles. The van der Waals surface area contributed by atoms with E-state index in [1.165, 1.54) is 0 Å². The summed E-state index contributed by atoms with van der Waals surface area (Å²) >= 11 is 0. The zero-order chi connectivity index (χ0) is 6.57. The Morgan fingerprint density at radius 1 is 1.75 bits per heavy atom. The van der Waals surface area contributed by atoms with E-state index in [-0.39, 0.29) is 5.61 Å². The van der Waals surface area contributed by atoms with Gasteiger partial charge in [-0.15, -0.1) is 0 Å². The van der Waals surface area contributed by atoms with Crippen molar-refractivity contribution in [2.24, 2.45) is 0 Å². The lowest BCUT2D eigenvalue weighted by Gasteiger charge is -1.95. The quantitative estimate of drug-likeness (QED) is 0.386. The Kier molecular flexibility index (Phi) is 3.00. The van der Waals surface area contributed by atoms with Crippen LogP contribution in [0.25, 0.3) is 0 Å². The van der Waals surface area contributed by atoms with E-state index in [0.717, 1.165) is 5.70 Å². The minimum atomic E-state index is 0.0804. The van der Waals surface area contributed by atoms with Gasteiger partial charge in [-0.25, -0.2) is 0 Å². The predicted molar refractivity (Wildman–Crippen MR) is 36.3 cm³/mol. The molecule has 0 spiro atoms. The summed E-state index contributed by atoms with van der Waals surface area (Å²) in [5.74, 6) is 0. The fourth-order valence-corrected chi connectivity index (χ4v) is 0.305. The van der Waals surface area contributed by atoms with Crippen molar-refractivity contribution in [3.8, 4) is 0 Å². The van der Waals surface area contributed by atoms with E-state index < -0.39 is 0 Å². The van der Waals surface area contributed by atoms with Crippen molar-refractivity contribution in [2.45, 2.75) is 6.92 Å². The number of allylic oxidation sites excluding steroid dienone is 2. The van der Waals surface area contributed by atoms with Crippen LogP contribution >= 0.6 is 0 Å². The summed E-state index contributed by atoms with van der Waals surface area (Å²) in [7, 11) is 6.82. The van der Waals surface area contributed by atoms with Crippen LogP contribution in [0, 0.1) is 5.41 Å². The third-order valence-corrected chi connectivity index (χ3v) is 0.766. The number of nitrogens with one attached hydrogen (secondary N) is 2. The van der Waals surface area contributed by atoms with Crippen molar-refractivity contribution < 1.29 is 0 Å². The van der Waals surface area contributed by atoms with Crippen molar-refractivity contribution in [1.82, 2.24) is 5.32 Å². The average molecular weight is 108 g/mol. The van der Waals surface area contributed by atoms with Crippen LogP contribution in [0.2, 0.25) is 0 Å². The van der Waals surface area contributed by atoms with Gasteiger partial charge in [0, 0.05) is 12.7 Å². The fraction of sp³-hybridized carbons (Fsp3) is 0.400. The molecule has 0 amide bonds. The smallest absolute Gasteiger partial charge is 0.140 e. The molecule has 0 saturated carbocycles. The number of rotatable bonds is 2. The number of hydrogen-bond donors (Lipinski definition) is 2. The molecule has 0 bridgehead atoms. The van der Waals surface area contributed by atoms with E-state index in [1.54, 1.807) is 13.1 Å². The highest BCUT2D eigenvalue weighted by Gasteiger charge is 1.80. The second-order valence-electron chi connectivity index (χ2n) is 1.53. The third kappa shape index (κ3) is 3.46. The van der Waals surface area contributed by atoms with Gasteiger partial charge in [-0.3, -0.25) is 0 Å². The molecule has 2 radical (unpaired) electrons. The molecule has 0 atom stereocenters. The van der Waals surface area contributed by atoms with Crippen molar-refractivity contribution in [2.75, 3.05) is 7.05 Å². The summed E-state index contributed by atoms with van der Waals surface area (Å²) in [4.78, 5) is 0. The zero-order valence-corrected chi connectivity index (χ0v) is 5.15. The van der Waals surface area contributed by atoms with E-state index in [4.69, 9.17) is 13.3 Å². The van der Waals surface area contributed by atoms with E-state index >= 15 is 0 Å². The maximum absolute atomic E-state index is 6.79. The molecule has 0 aromatic carbocycles. The van der Waals surface area contributed by atoms with Crippen LogP contribution in [0.15, 0.2) is 11.8 Å². The van der Waals surface area contributed by atoms with Crippen molar-refractivity contribution >= 4 is 13.5 Å². The summed E-state index contributed by atoms with van der Waals surface area (Å²) in [5, 5.41) is 9.63. The minimum Gasteiger partial charge on any atom is -0.392 e. The van der Waals surface area contributed by atoms with Gasteiger partial charge in [0.1, 0.15) is 7.85 Å². The molecule has 0 rings (SSSR count). The van der Waals surface area contributed by atoms with Gasteiger partial charge >= 0.3 is 0 Å². The molecular formula is C5H9BN2. The molecule has 0 fully saturated rings. The summed E-state index contributed by atoms with van der Waals surface area (Å²) in [6, 6.07) is 0. The second kappa shape index (κ2) is 3.30. The first-order valence-electron chi connectivity index (χ1n) is 2.37. The molecule has 42 valence electrons. The predicted octanol–water partition coefficient (Wildman–Crippen LogP) is 0.255. The highest BCUT2D eigenvalue weighted by Crippen LogP contribution is 1.81.